The van der Waals surface area contributed by atoms with Gasteiger partial charge in [-0.25, -0.2) is 8.78 Å². The summed E-state index contributed by atoms with van der Waals surface area (Å²) in [5.74, 6) is -5.15. The topological polar surface area (TPSA) is 26.3 Å². The van der Waals surface area contributed by atoms with Crippen LogP contribution >= 0.6 is 11.6 Å². The SMILES string of the molecule is O=C(CC(F)(F)CC(F)(F)Cl)OCCc1cccc2ccccc12. The van der Waals surface area contributed by atoms with Crippen LogP contribution in [0.3, 0.4) is 0 Å². The van der Waals surface area contributed by atoms with Gasteiger partial charge in [0.05, 0.1) is 13.0 Å². The highest BCUT2D eigenvalue weighted by atomic mass is 35.5. The summed E-state index contributed by atoms with van der Waals surface area (Å²) in [6.07, 6.45) is -2.99. The van der Waals surface area contributed by atoms with Gasteiger partial charge in [-0.05, 0) is 27.9 Å². The fourth-order valence-electron chi connectivity index (χ4n) is 2.40. The van der Waals surface area contributed by atoms with Crippen LogP contribution in [-0.2, 0) is 16.0 Å². The Labute approximate surface area is 141 Å². The van der Waals surface area contributed by atoms with Gasteiger partial charge >= 0.3 is 11.4 Å². The van der Waals surface area contributed by atoms with Gasteiger partial charge in [-0.2, -0.15) is 8.78 Å². The molecule has 24 heavy (non-hydrogen) atoms. The van der Waals surface area contributed by atoms with Crippen molar-refractivity contribution < 1.29 is 27.1 Å². The lowest BCUT2D eigenvalue weighted by Gasteiger charge is -2.18. The van der Waals surface area contributed by atoms with E-state index in [1.165, 1.54) is 0 Å². The normalized spacial score (nSPS) is 12.4. The molecule has 0 aliphatic carbocycles. The summed E-state index contributed by atoms with van der Waals surface area (Å²) in [5.41, 5.74) is 0.903. The zero-order valence-electron chi connectivity index (χ0n) is 12.6. The van der Waals surface area contributed by atoms with Crippen LogP contribution in [0.2, 0.25) is 0 Å². The average molecular weight is 363 g/mol. The largest absolute Gasteiger partial charge is 0.465 e. The van der Waals surface area contributed by atoms with Gasteiger partial charge in [-0.15, -0.1) is 0 Å². The van der Waals surface area contributed by atoms with Crippen LogP contribution in [0.15, 0.2) is 42.5 Å². The van der Waals surface area contributed by atoms with Crippen molar-refractivity contribution in [3.8, 4) is 0 Å². The zero-order chi connectivity index (χ0) is 17.8. The Balaban J connectivity index is 1.88. The second-order valence-electron chi connectivity index (χ2n) is 5.43. The molecule has 0 aliphatic rings. The molecule has 0 unspecified atom stereocenters. The molecule has 2 aromatic carbocycles. The molecule has 0 aromatic heterocycles. The Hall–Kier alpha value is -1.82. The van der Waals surface area contributed by atoms with E-state index in [-0.39, 0.29) is 6.61 Å². The molecule has 130 valence electrons. The van der Waals surface area contributed by atoms with E-state index < -0.39 is 30.1 Å². The minimum absolute atomic E-state index is 0.111. The van der Waals surface area contributed by atoms with Crippen LogP contribution in [0.1, 0.15) is 18.4 Å². The van der Waals surface area contributed by atoms with Crippen LogP contribution in [0.5, 0.6) is 0 Å². The third-order valence-corrected chi connectivity index (χ3v) is 3.51. The van der Waals surface area contributed by atoms with Crippen molar-refractivity contribution in [3.05, 3.63) is 48.0 Å². The predicted octanol–water partition coefficient (Wildman–Crippen LogP) is 5.17. The molecule has 0 amide bonds. The van der Waals surface area contributed by atoms with E-state index in [2.05, 4.69) is 11.6 Å². The van der Waals surface area contributed by atoms with Gasteiger partial charge in [0.15, 0.2) is 0 Å². The Morgan fingerprint density at radius 2 is 1.71 bits per heavy atom. The third-order valence-electron chi connectivity index (χ3n) is 3.38. The van der Waals surface area contributed by atoms with Crippen molar-refractivity contribution in [2.24, 2.45) is 0 Å². The van der Waals surface area contributed by atoms with Gasteiger partial charge in [0.1, 0.15) is 6.42 Å². The van der Waals surface area contributed by atoms with Crippen LogP contribution in [-0.4, -0.2) is 23.9 Å². The Morgan fingerprint density at radius 1 is 1.04 bits per heavy atom. The van der Waals surface area contributed by atoms with Gasteiger partial charge in [0.2, 0.25) is 0 Å². The molecule has 0 radical (unpaired) electrons. The molecule has 0 spiro atoms. The lowest BCUT2D eigenvalue weighted by atomic mass is 10.0. The van der Waals surface area contributed by atoms with E-state index >= 15 is 0 Å². The van der Waals surface area contributed by atoms with E-state index in [1.807, 2.05) is 42.5 Å². The van der Waals surface area contributed by atoms with Gasteiger partial charge < -0.3 is 4.74 Å². The number of carbonyl (C=O) groups excluding carboxylic acids is 1. The molecule has 0 fully saturated rings. The van der Waals surface area contributed by atoms with E-state index in [1.54, 1.807) is 0 Å². The Bertz CT molecular complexity index is 708. The number of hydrogen-bond acceptors (Lipinski definition) is 2. The van der Waals surface area contributed by atoms with E-state index in [9.17, 15) is 22.4 Å². The highest BCUT2D eigenvalue weighted by Gasteiger charge is 2.43. The van der Waals surface area contributed by atoms with Gasteiger partial charge in [0, 0.05) is 6.42 Å². The summed E-state index contributed by atoms with van der Waals surface area (Å²) < 4.78 is 56.1. The minimum atomic E-state index is -4.06. The molecule has 0 saturated carbocycles. The lowest BCUT2D eigenvalue weighted by Crippen LogP contribution is -2.29. The summed E-state index contributed by atoms with van der Waals surface area (Å²) >= 11 is 4.48. The van der Waals surface area contributed by atoms with Crippen molar-refractivity contribution >= 4 is 28.3 Å². The Morgan fingerprint density at radius 3 is 2.42 bits per heavy atom. The molecule has 0 N–H and O–H groups in total. The second-order valence-corrected chi connectivity index (χ2v) is 5.99. The first-order valence-electron chi connectivity index (χ1n) is 7.23. The molecule has 0 heterocycles. The van der Waals surface area contributed by atoms with Crippen molar-refractivity contribution in [1.29, 1.82) is 0 Å². The molecule has 0 atom stereocenters. The van der Waals surface area contributed by atoms with Gasteiger partial charge in [0.25, 0.3) is 5.92 Å². The molecule has 0 aliphatic heterocycles. The predicted molar refractivity (Wildman–Crippen MR) is 83.6 cm³/mol. The number of fused-ring (bicyclic) bond motifs is 1. The number of rotatable bonds is 7. The van der Waals surface area contributed by atoms with Crippen molar-refractivity contribution in [2.45, 2.75) is 30.6 Å². The monoisotopic (exact) mass is 362 g/mol. The highest BCUT2D eigenvalue weighted by molar-refractivity contribution is 6.21. The quantitative estimate of drug-likeness (QED) is 0.386. The third kappa shape index (κ3) is 5.67. The molecular formula is C17H15ClF4O2. The number of alkyl halides is 5. The van der Waals surface area contributed by atoms with Gasteiger partial charge in [-0.1, -0.05) is 42.5 Å². The maximum atomic E-state index is 13.3. The number of hydrogen-bond donors (Lipinski definition) is 0. The number of esters is 1. The van der Waals surface area contributed by atoms with E-state index in [4.69, 9.17) is 4.74 Å². The fourth-order valence-corrected chi connectivity index (χ4v) is 2.60. The van der Waals surface area contributed by atoms with Crippen LogP contribution in [0.25, 0.3) is 10.8 Å². The summed E-state index contributed by atoms with van der Waals surface area (Å²) in [4.78, 5) is 11.4. The standard InChI is InChI=1S/C17H15ClF4O2/c18-17(21,22)11-16(19,20)10-15(23)24-9-8-13-6-3-5-12-4-1-2-7-14(12)13/h1-7H,8-11H2. The maximum Gasteiger partial charge on any atom is 0.327 e. The van der Waals surface area contributed by atoms with Crippen molar-refractivity contribution in [1.82, 2.24) is 0 Å². The molecule has 2 aromatic rings. The number of ether oxygens (including phenoxy) is 1. The molecule has 0 bridgehead atoms. The first-order valence-corrected chi connectivity index (χ1v) is 7.61. The number of halogens is 5. The van der Waals surface area contributed by atoms with Crippen LogP contribution in [0, 0.1) is 0 Å². The summed E-state index contributed by atoms with van der Waals surface area (Å²) in [6, 6.07) is 13.2. The second kappa shape index (κ2) is 7.38. The molecular weight excluding hydrogens is 348 g/mol. The van der Waals surface area contributed by atoms with E-state index in [0.29, 0.717) is 6.42 Å². The zero-order valence-corrected chi connectivity index (χ0v) is 13.3. The van der Waals surface area contributed by atoms with Crippen molar-refractivity contribution in [2.75, 3.05) is 6.61 Å². The number of carbonyl (C=O) groups is 1. The summed E-state index contributed by atoms with van der Waals surface area (Å²) in [7, 11) is 0. The van der Waals surface area contributed by atoms with Gasteiger partial charge in [-0.3, -0.25) is 4.79 Å². The van der Waals surface area contributed by atoms with Crippen molar-refractivity contribution in [3.63, 3.8) is 0 Å². The smallest absolute Gasteiger partial charge is 0.327 e. The highest BCUT2D eigenvalue weighted by Crippen LogP contribution is 2.35. The lowest BCUT2D eigenvalue weighted by molar-refractivity contribution is -0.154. The summed E-state index contributed by atoms with van der Waals surface area (Å²) in [6.45, 7) is -0.111. The average Bonchev–Trinajstić information content (AvgIpc) is 2.44. The van der Waals surface area contributed by atoms with E-state index in [0.717, 1.165) is 16.3 Å². The molecule has 0 saturated heterocycles. The first kappa shape index (κ1) is 18.5. The minimum Gasteiger partial charge on any atom is -0.465 e. The fraction of sp³-hybridized carbons (Fsp3) is 0.353. The van der Waals surface area contributed by atoms with Crippen LogP contribution in [0.4, 0.5) is 17.6 Å². The molecule has 2 nitrogen and oxygen atoms in total. The summed E-state index contributed by atoms with van der Waals surface area (Å²) in [5, 5.41) is -2.08. The first-order chi connectivity index (χ1) is 11.2. The molecule has 7 heteroatoms. The van der Waals surface area contributed by atoms with Crippen LogP contribution < -0.4 is 0 Å². The maximum absolute atomic E-state index is 13.3. The Kier molecular flexibility index (Phi) is 5.70. The molecule has 2 rings (SSSR count). The number of benzene rings is 2.